The van der Waals surface area contributed by atoms with Crippen molar-refractivity contribution < 1.29 is 0 Å². The first-order valence-corrected chi connectivity index (χ1v) is 16.0. The van der Waals surface area contributed by atoms with Crippen LogP contribution >= 0.6 is 0 Å². The van der Waals surface area contributed by atoms with Gasteiger partial charge in [0.2, 0.25) is 0 Å². The van der Waals surface area contributed by atoms with Gasteiger partial charge in [-0.3, -0.25) is 4.57 Å². The van der Waals surface area contributed by atoms with Gasteiger partial charge in [0.1, 0.15) is 5.82 Å². The van der Waals surface area contributed by atoms with Crippen LogP contribution in [0, 0.1) is 0 Å². The van der Waals surface area contributed by atoms with Crippen molar-refractivity contribution in [3.63, 3.8) is 0 Å². The van der Waals surface area contributed by atoms with Crippen molar-refractivity contribution in [2.75, 3.05) is 0 Å². The minimum Gasteiger partial charge on any atom is -0.292 e. The number of nitrogens with zero attached hydrogens (tertiary/aromatic N) is 2. The Morgan fingerprint density at radius 3 is 1.91 bits per heavy atom. The first-order valence-electron chi connectivity index (χ1n) is 16.0. The average Bonchev–Trinajstić information content (AvgIpc) is 3.61. The van der Waals surface area contributed by atoms with Crippen molar-refractivity contribution in [2.24, 2.45) is 0 Å². The zero-order valence-corrected chi connectivity index (χ0v) is 25.9. The molecule has 2 heteroatoms. The molecule has 218 valence electrons. The second-order valence-corrected chi connectivity index (χ2v) is 12.8. The van der Waals surface area contributed by atoms with E-state index in [2.05, 4.69) is 170 Å². The smallest absolute Gasteiger partial charge is 0.145 e. The molecule has 1 heterocycles. The number of para-hydroxylation sites is 2. The molecule has 2 nitrogen and oxygen atoms in total. The van der Waals surface area contributed by atoms with Crippen LogP contribution in [0.2, 0.25) is 0 Å². The fourth-order valence-electron chi connectivity index (χ4n) is 7.46. The summed E-state index contributed by atoms with van der Waals surface area (Å²) in [5, 5.41) is 2.56. The lowest BCUT2D eigenvalue weighted by Gasteiger charge is -2.21. The Balaban J connectivity index is 1.13. The van der Waals surface area contributed by atoms with Crippen LogP contribution in [0.25, 0.3) is 72.3 Å². The highest BCUT2D eigenvalue weighted by Crippen LogP contribution is 2.51. The lowest BCUT2D eigenvalue weighted by molar-refractivity contribution is 0.660. The minimum absolute atomic E-state index is 0.0549. The van der Waals surface area contributed by atoms with Crippen LogP contribution in [0.3, 0.4) is 0 Å². The summed E-state index contributed by atoms with van der Waals surface area (Å²) >= 11 is 0. The van der Waals surface area contributed by atoms with Gasteiger partial charge >= 0.3 is 0 Å². The molecule has 0 saturated heterocycles. The van der Waals surface area contributed by atoms with Gasteiger partial charge in [-0.2, -0.15) is 0 Å². The summed E-state index contributed by atoms with van der Waals surface area (Å²) < 4.78 is 2.27. The number of imidazole rings is 1. The Hall–Kier alpha value is -5.73. The van der Waals surface area contributed by atoms with E-state index in [0.717, 1.165) is 28.1 Å². The van der Waals surface area contributed by atoms with Crippen molar-refractivity contribution in [2.45, 2.75) is 19.3 Å². The number of rotatable bonds is 4. The van der Waals surface area contributed by atoms with Crippen LogP contribution in [0.1, 0.15) is 25.0 Å². The molecule has 0 atom stereocenters. The molecule has 1 aliphatic rings. The molecule has 0 saturated carbocycles. The van der Waals surface area contributed by atoms with Crippen LogP contribution in [-0.2, 0) is 5.41 Å². The van der Waals surface area contributed by atoms with Crippen molar-refractivity contribution in [3.8, 4) is 50.5 Å². The highest BCUT2D eigenvalue weighted by molar-refractivity contribution is 5.98. The van der Waals surface area contributed by atoms with E-state index in [-0.39, 0.29) is 5.41 Å². The van der Waals surface area contributed by atoms with E-state index < -0.39 is 0 Å². The third-order valence-electron chi connectivity index (χ3n) is 9.83. The van der Waals surface area contributed by atoms with E-state index in [0.29, 0.717) is 0 Å². The quantitative estimate of drug-likeness (QED) is 0.200. The second-order valence-electron chi connectivity index (χ2n) is 12.8. The van der Waals surface area contributed by atoms with Gasteiger partial charge in [0, 0.05) is 16.7 Å². The molecule has 46 heavy (non-hydrogen) atoms. The van der Waals surface area contributed by atoms with Gasteiger partial charge in [0.25, 0.3) is 0 Å². The third-order valence-corrected chi connectivity index (χ3v) is 9.83. The third kappa shape index (κ3) is 4.07. The van der Waals surface area contributed by atoms with Crippen molar-refractivity contribution in [1.82, 2.24) is 9.55 Å². The number of hydrogen-bond acceptors (Lipinski definition) is 1. The molecule has 7 aromatic carbocycles. The highest BCUT2D eigenvalue weighted by atomic mass is 15.1. The maximum Gasteiger partial charge on any atom is 0.145 e. The van der Waals surface area contributed by atoms with E-state index in [1.807, 2.05) is 6.07 Å². The second kappa shape index (κ2) is 10.2. The molecular weight excluding hydrogens is 556 g/mol. The minimum atomic E-state index is -0.0549. The fraction of sp³-hybridized carbons (Fsp3) is 0.0682. The van der Waals surface area contributed by atoms with E-state index in [1.165, 1.54) is 55.3 Å². The zero-order valence-electron chi connectivity index (χ0n) is 25.9. The Bertz CT molecular complexity index is 2420. The van der Waals surface area contributed by atoms with Crippen molar-refractivity contribution in [1.29, 1.82) is 0 Å². The van der Waals surface area contributed by atoms with Gasteiger partial charge in [-0.25, -0.2) is 4.98 Å². The molecule has 0 spiro atoms. The number of fused-ring (bicyclic) bond motifs is 5. The molecular formula is C44H32N2. The van der Waals surface area contributed by atoms with Gasteiger partial charge in [-0.1, -0.05) is 135 Å². The summed E-state index contributed by atoms with van der Waals surface area (Å²) in [5.74, 6) is 0.952. The van der Waals surface area contributed by atoms with Crippen LogP contribution in [0.5, 0.6) is 0 Å². The summed E-state index contributed by atoms with van der Waals surface area (Å²) in [7, 11) is 0. The standard InChI is InChI=1S/C44H32N2/c1-44(2)39-25-21-32(27-37(39)38-28-33(22-26-40(38)44)36-16-10-14-30-11-6-7-15-35(30)36)29-19-23-34(24-20-29)46-42-18-9-8-17-41(42)45-43(46)31-12-4-3-5-13-31/h3-28H,1-2H3. The summed E-state index contributed by atoms with van der Waals surface area (Å²) in [5.41, 5.74) is 14.6. The number of benzene rings is 7. The average molecular weight is 589 g/mol. The lowest BCUT2D eigenvalue weighted by atomic mass is 9.82. The number of aromatic nitrogens is 2. The van der Waals surface area contributed by atoms with Crippen molar-refractivity contribution >= 4 is 21.8 Å². The van der Waals surface area contributed by atoms with Gasteiger partial charge in [-0.15, -0.1) is 0 Å². The van der Waals surface area contributed by atoms with E-state index in [1.54, 1.807) is 0 Å². The molecule has 9 rings (SSSR count). The van der Waals surface area contributed by atoms with Gasteiger partial charge < -0.3 is 0 Å². The number of hydrogen-bond donors (Lipinski definition) is 0. The maximum absolute atomic E-state index is 5.02. The van der Waals surface area contributed by atoms with Crippen LogP contribution in [-0.4, -0.2) is 9.55 Å². The molecule has 0 unspecified atom stereocenters. The fourth-order valence-corrected chi connectivity index (χ4v) is 7.46. The summed E-state index contributed by atoms with van der Waals surface area (Å²) in [6.45, 7) is 4.70. The molecule has 0 fully saturated rings. The molecule has 1 aliphatic carbocycles. The summed E-state index contributed by atoms with van der Waals surface area (Å²) in [6, 6.07) is 57.1. The van der Waals surface area contributed by atoms with E-state index in [9.17, 15) is 0 Å². The monoisotopic (exact) mass is 588 g/mol. The van der Waals surface area contributed by atoms with E-state index in [4.69, 9.17) is 4.98 Å². The van der Waals surface area contributed by atoms with Gasteiger partial charge in [0.15, 0.2) is 0 Å². The van der Waals surface area contributed by atoms with E-state index >= 15 is 0 Å². The van der Waals surface area contributed by atoms with Crippen LogP contribution in [0.15, 0.2) is 158 Å². The summed E-state index contributed by atoms with van der Waals surface area (Å²) in [4.78, 5) is 5.02. The SMILES string of the molecule is CC1(C)c2ccc(-c3ccc(-n4c(-c5ccccc5)nc5ccccc54)cc3)cc2-c2cc(-c3cccc4ccccc34)ccc21. The molecule has 0 radical (unpaired) electrons. The normalized spacial score (nSPS) is 13.2. The highest BCUT2D eigenvalue weighted by Gasteiger charge is 2.35. The summed E-state index contributed by atoms with van der Waals surface area (Å²) in [6.07, 6.45) is 0. The Labute approximate surface area is 269 Å². The molecule has 0 bridgehead atoms. The molecule has 0 amide bonds. The maximum atomic E-state index is 5.02. The first kappa shape index (κ1) is 26.7. The Morgan fingerprint density at radius 1 is 0.478 bits per heavy atom. The molecule has 0 aliphatic heterocycles. The lowest BCUT2D eigenvalue weighted by Crippen LogP contribution is -2.14. The Morgan fingerprint density at radius 2 is 1.11 bits per heavy atom. The van der Waals surface area contributed by atoms with Gasteiger partial charge in [-0.05, 0) is 91.7 Å². The van der Waals surface area contributed by atoms with Crippen molar-refractivity contribution in [3.05, 3.63) is 169 Å². The van der Waals surface area contributed by atoms with Gasteiger partial charge in [0.05, 0.1) is 11.0 Å². The predicted octanol–water partition coefficient (Wildman–Crippen LogP) is 11.5. The first-order chi connectivity index (χ1) is 22.6. The largest absolute Gasteiger partial charge is 0.292 e. The Kier molecular flexibility index (Phi) is 5.88. The molecule has 1 aromatic heterocycles. The van der Waals surface area contributed by atoms with Crippen LogP contribution < -0.4 is 0 Å². The molecule has 8 aromatic rings. The topological polar surface area (TPSA) is 17.8 Å². The molecule has 0 N–H and O–H groups in total. The zero-order chi connectivity index (χ0) is 30.8. The predicted molar refractivity (Wildman–Crippen MR) is 192 cm³/mol. The van der Waals surface area contributed by atoms with Crippen LogP contribution in [0.4, 0.5) is 0 Å².